The Labute approximate surface area is 134 Å². The summed E-state index contributed by atoms with van der Waals surface area (Å²) in [7, 11) is 0. The smallest absolute Gasteiger partial charge is 0.161 e. The van der Waals surface area contributed by atoms with Crippen molar-refractivity contribution in [2.24, 2.45) is 5.92 Å². The summed E-state index contributed by atoms with van der Waals surface area (Å²) in [6, 6.07) is 5.41. The molecule has 0 aliphatic carbocycles. The second kappa shape index (κ2) is 7.77. The van der Waals surface area contributed by atoms with Gasteiger partial charge < -0.3 is 10.2 Å². The van der Waals surface area contributed by atoms with Gasteiger partial charge in [0.25, 0.3) is 0 Å². The van der Waals surface area contributed by atoms with Crippen LogP contribution in [0.15, 0.2) is 16.6 Å². The molecule has 1 aliphatic heterocycles. The van der Waals surface area contributed by atoms with Gasteiger partial charge in [0.05, 0.1) is 15.7 Å². The Bertz CT molecular complexity index is 521. The standard InChI is InChI=1S/C16H21BrFN3/c1-2-8-21(11-12-4-3-7-20-10-12)14-6-5-13(9-19)15(17)16(14)18/h5-6,12,20H,2-4,7-8,10-11H2,1H3. The number of hydrogen-bond donors (Lipinski definition) is 1. The van der Waals surface area contributed by atoms with Crippen molar-refractivity contribution in [1.82, 2.24) is 5.32 Å². The molecule has 1 fully saturated rings. The summed E-state index contributed by atoms with van der Waals surface area (Å²) in [6.45, 7) is 5.87. The lowest BCUT2D eigenvalue weighted by Gasteiger charge is -2.32. The van der Waals surface area contributed by atoms with Crippen LogP contribution in [0.25, 0.3) is 0 Å². The van der Waals surface area contributed by atoms with E-state index in [-0.39, 0.29) is 10.3 Å². The highest BCUT2D eigenvalue weighted by Gasteiger charge is 2.21. The van der Waals surface area contributed by atoms with E-state index in [1.165, 1.54) is 12.8 Å². The molecule has 0 spiro atoms. The van der Waals surface area contributed by atoms with Gasteiger partial charge in [-0.05, 0) is 66.3 Å². The summed E-state index contributed by atoms with van der Waals surface area (Å²) < 4.78 is 14.8. The van der Waals surface area contributed by atoms with Crippen molar-refractivity contribution in [3.05, 3.63) is 28.0 Å². The average molecular weight is 354 g/mol. The van der Waals surface area contributed by atoms with Gasteiger partial charge in [-0.1, -0.05) is 6.92 Å². The largest absolute Gasteiger partial charge is 0.369 e. The molecule has 0 bridgehead atoms. The first-order chi connectivity index (χ1) is 10.2. The summed E-state index contributed by atoms with van der Waals surface area (Å²) in [5, 5.41) is 12.4. The molecule has 1 N–H and O–H groups in total. The van der Waals surface area contributed by atoms with Gasteiger partial charge in [0, 0.05) is 13.1 Å². The molecule has 1 aliphatic rings. The lowest BCUT2D eigenvalue weighted by atomic mass is 9.98. The zero-order valence-electron chi connectivity index (χ0n) is 12.3. The molecule has 1 heterocycles. The van der Waals surface area contributed by atoms with E-state index in [1.54, 1.807) is 12.1 Å². The number of rotatable bonds is 5. The fourth-order valence-electron chi connectivity index (χ4n) is 2.84. The van der Waals surface area contributed by atoms with Crippen molar-refractivity contribution < 1.29 is 4.39 Å². The highest BCUT2D eigenvalue weighted by atomic mass is 79.9. The monoisotopic (exact) mass is 353 g/mol. The van der Waals surface area contributed by atoms with Crippen molar-refractivity contribution >= 4 is 21.6 Å². The fraction of sp³-hybridized carbons (Fsp3) is 0.562. The molecular formula is C16H21BrFN3. The number of nitrogens with one attached hydrogen (secondary N) is 1. The third-order valence-corrected chi connectivity index (χ3v) is 4.67. The average Bonchev–Trinajstić information content (AvgIpc) is 2.51. The molecule has 1 aromatic rings. The van der Waals surface area contributed by atoms with Crippen LogP contribution in [0, 0.1) is 23.1 Å². The van der Waals surface area contributed by atoms with Gasteiger partial charge in [-0.2, -0.15) is 5.26 Å². The van der Waals surface area contributed by atoms with E-state index >= 15 is 0 Å². The quantitative estimate of drug-likeness (QED) is 0.877. The van der Waals surface area contributed by atoms with Crippen molar-refractivity contribution in [3.8, 4) is 6.07 Å². The van der Waals surface area contributed by atoms with Crippen molar-refractivity contribution in [3.63, 3.8) is 0 Å². The Morgan fingerprint density at radius 2 is 2.33 bits per heavy atom. The predicted octanol–water partition coefficient (Wildman–Crippen LogP) is 3.68. The van der Waals surface area contributed by atoms with Crippen LogP contribution in [0.3, 0.4) is 0 Å². The number of hydrogen-bond acceptors (Lipinski definition) is 3. The molecule has 1 unspecified atom stereocenters. The maximum Gasteiger partial charge on any atom is 0.161 e. The molecule has 1 atom stereocenters. The zero-order chi connectivity index (χ0) is 15.2. The molecular weight excluding hydrogens is 333 g/mol. The Morgan fingerprint density at radius 3 is 2.95 bits per heavy atom. The Hall–Kier alpha value is -1.12. The van der Waals surface area contributed by atoms with Crippen LogP contribution in [0.2, 0.25) is 0 Å². The van der Waals surface area contributed by atoms with Gasteiger partial charge in [0.15, 0.2) is 5.82 Å². The van der Waals surface area contributed by atoms with Gasteiger partial charge in [0.2, 0.25) is 0 Å². The van der Waals surface area contributed by atoms with E-state index in [9.17, 15) is 4.39 Å². The minimum absolute atomic E-state index is 0.269. The zero-order valence-corrected chi connectivity index (χ0v) is 13.9. The second-order valence-corrected chi connectivity index (χ2v) is 6.32. The minimum Gasteiger partial charge on any atom is -0.369 e. The van der Waals surface area contributed by atoms with Crippen molar-refractivity contribution in [2.75, 3.05) is 31.1 Å². The van der Waals surface area contributed by atoms with E-state index < -0.39 is 0 Å². The van der Waals surface area contributed by atoms with Gasteiger partial charge in [-0.3, -0.25) is 0 Å². The van der Waals surface area contributed by atoms with E-state index in [0.717, 1.165) is 32.6 Å². The number of benzene rings is 1. The SMILES string of the molecule is CCCN(CC1CCCNC1)c1ccc(C#N)c(Br)c1F. The van der Waals surface area contributed by atoms with Crippen LogP contribution >= 0.6 is 15.9 Å². The summed E-state index contributed by atoms with van der Waals surface area (Å²) in [4.78, 5) is 2.11. The number of nitrogens with zero attached hydrogens (tertiary/aromatic N) is 2. The Kier molecular flexibility index (Phi) is 6.01. The lowest BCUT2D eigenvalue weighted by Crippen LogP contribution is -2.39. The normalized spacial score (nSPS) is 18.3. The summed E-state index contributed by atoms with van der Waals surface area (Å²) in [5.74, 6) is 0.227. The van der Waals surface area contributed by atoms with E-state index in [2.05, 4.69) is 33.1 Å². The Balaban J connectivity index is 2.21. The van der Waals surface area contributed by atoms with Crippen LogP contribution in [0.4, 0.5) is 10.1 Å². The first kappa shape index (κ1) is 16.3. The fourth-order valence-corrected chi connectivity index (χ4v) is 3.27. The summed E-state index contributed by atoms with van der Waals surface area (Å²) in [5.41, 5.74) is 0.931. The van der Waals surface area contributed by atoms with Gasteiger partial charge >= 0.3 is 0 Å². The highest BCUT2D eigenvalue weighted by Crippen LogP contribution is 2.30. The molecule has 114 valence electrons. The molecule has 0 amide bonds. The van der Waals surface area contributed by atoms with E-state index in [1.807, 2.05) is 6.07 Å². The summed E-state index contributed by atoms with van der Waals surface area (Å²) in [6.07, 6.45) is 3.34. The van der Waals surface area contributed by atoms with Crippen molar-refractivity contribution in [2.45, 2.75) is 26.2 Å². The molecule has 1 saturated heterocycles. The van der Waals surface area contributed by atoms with Gasteiger partial charge in [0.1, 0.15) is 6.07 Å². The summed E-state index contributed by atoms with van der Waals surface area (Å²) >= 11 is 3.20. The number of nitriles is 1. The predicted molar refractivity (Wildman–Crippen MR) is 86.9 cm³/mol. The minimum atomic E-state index is -0.328. The van der Waals surface area contributed by atoms with Gasteiger partial charge in [-0.25, -0.2) is 4.39 Å². The molecule has 0 radical (unpaired) electrons. The van der Waals surface area contributed by atoms with Gasteiger partial charge in [-0.15, -0.1) is 0 Å². The molecule has 0 saturated carbocycles. The molecule has 1 aromatic carbocycles. The van der Waals surface area contributed by atoms with Crippen molar-refractivity contribution in [1.29, 1.82) is 5.26 Å². The number of halogens is 2. The molecule has 5 heteroatoms. The van der Waals surface area contributed by atoms with E-state index in [4.69, 9.17) is 5.26 Å². The van der Waals surface area contributed by atoms with Crippen LogP contribution in [-0.4, -0.2) is 26.2 Å². The Morgan fingerprint density at radius 1 is 1.52 bits per heavy atom. The maximum atomic E-state index is 14.5. The number of anilines is 1. The molecule has 3 nitrogen and oxygen atoms in total. The van der Waals surface area contributed by atoms with Crippen LogP contribution in [0.1, 0.15) is 31.7 Å². The van der Waals surface area contributed by atoms with Crippen LogP contribution < -0.4 is 10.2 Å². The van der Waals surface area contributed by atoms with Crippen LogP contribution in [0.5, 0.6) is 0 Å². The number of piperidine rings is 1. The second-order valence-electron chi connectivity index (χ2n) is 5.53. The van der Waals surface area contributed by atoms with Crippen LogP contribution in [-0.2, 0) is 0 Å². The topological polar surface area (TPSA) is 39.1 Å². The highest BCUT2D eigenvalue weighted by molar-refractivity contribution is 9.10. The first-order valence-corrected chi connectivity index (χ1v) is 8.30. The first-order valence-electron chi connectivity index (χ1n) is 7.51. The molecule has 21 heavy (non-hydrogen) atoms. The van der Waals surface area contributed by atoms with E-state index in [0.29, 0.717) is 17.2 Å². The maximum absolute atomic E-state index is 14.5. The third kappa shape index (κ3) is 3.96. The third-order valence-electron chi connectivity index (χ3n) is 3.89. The molecule has 2 rings (SSSR count). The lowest BCUT2D eigenvalue weighted by molar-refractivity contribution is 0.375. The molecule has 0 aromatic heterocycles.